The minimum Gasteiger partial charge on any atom is -0.478 e. The second-order valence-electron chi connectivity index (χ2n) is 6.76. The van der Waals surface area contributed by atoms with Crippen molar-refractivity contribution in [2.24, 2.45) is 0 Å². The number of anilines is 2. The fourth-order valence-corrected chi connectivity index (χ4v) is 3.62. The van der Waals surface area contributed by atoms with Crippen molar-refractivity contribution >= 4 is 39.8 Å². The first-order chi connectivity index (χ1) is 14.0. The topological polar surface area (TPSA) is 74.5 Å². The van der Waals surface area contributed by atoms with Crippen molar-refractivity contribution in [1.82, 2.24) is 4.57 Å². The van der Waals surface area contributed by atoms with Gasteiger partial charge in [-0.25, -0.2) is 4.79 Å². The monoisotopic (exact) mass is 406 g/mol. The number of nitrogens with one attached hydrogen (secondary N) is 1. The molecule has 29 heavy (non-hydrogen) atoms. The lowest BCUT2D eigenvalue weighted by atomic mass is 10.1. The molecule has 0 aliphatic heterocycles. The molecule has 0 spiro atoms. The van der Waals surface area contributed by atoms with Crippen LogP contribution in [0, 0.1) is 0 Å². The Morgan fingerprint density at radius 2 is 1.79 bits per heavy atom. The average Bonchev–Trinajstić information content (AvgIpc) is 3.06. The maximum Gasteiger partial charge on any atom is 0.337 e. The van der Waals surface area contributed by atoms with Crippen molar-refractivity contribution in [2.75, 3.05) is 5.32 Å². The minimum absolute atomic E-state index is 0.0649. The molecule has 0 unspecified atom stereocenters. The maximum atomic E-state index is 11.5. The van der Waals surface area contributed by atoms with Gasteiger partial charge in [-0.2, -0.15) is 0 Å². The number of aromatic nitrogens is 1. The number of carboxylic acids is 1. The van der Waals surface area contributed by atoms with Gasteiger partial charge in [0.15, 0.2) is 0 Å². The van der Waals surface area contributed by atoms with Crippen LogP contribution in [0.5, 0.6) is 0 Å². The lowest BCUT2D eigenvalue weighted by Gasteiger charge is -2.12. The Kier molecular flexibility index (Phi) is 5.25. The minimum atomic E-state index is -1.05. The molecule has 6 heteroatoms. The van der Waals surface area contributed by atoms with E-state index >= 15 is 0 Å². The Labute approximate surface area is 172 Å². The van der Waals surface area contributed by atoms with Gasteiger partial charge in [0, 0.05) is 33.9 Å². The molecule has 0 atom stereocenters. The predicted octanol–water partition coefficient (Wildman–Crippen LogP) is 5.28. The van der Waals surface area contributed by atoms with Crippen molar-refractivity contribution in [2.45, 2.75) is 13.2 Å². The van der Waals surface area contributed by atoms with Gasteiger partial charge in [-0.05, 0) is 48.0 Å². The molecule has 3 aromatic carbocycles. The Morgan fingerprint density at radius 1 is 1.00 bits per heavy atom. The Hall–Kier alpha value is -3.28. The molecule has 0 saturated carbocycles. The van der Waals surface area contributed by atoms with Crippen LogP contribution < -0.4 is 5.32 Å². The van der Waals surface area contributed by atoms with E-state index in [-0.39, 0.29) is 12.2 Å². The Balaban J connectivity index is 1.70. The molecule has 1 aromatic heterocycles. The van der Waals surface area contributed by atoms with Gasteiger partial charge in [-0.3, -0.25) is 0 Å². The van der Waals surface area contributed by atoms with Crippen molar-refractivity contribution < 1.29 is 15.0 Å². The molecule has 1 heterocycles. The first-order valence-electron chi connectivity index (χ1n) is 9.12. The number of aliphatic hydroxyl groups is 1. The van der Waals surface area contributed by atoms with E-state index in [2.05, 4.69) is 22.0 Å². The quantitative estimate of drug-likeness (QED) is 0.407. The van der Waals surface area contributed by atoms with Gasteiger partial charge in [0.2, 0.25) is 0 Å². The van der Waals surface area contributed by atoms with Crippen LogP contribution >= 0.6 is 11.6 Å². The summed E-state index contributed by atoms with van der Waals surface area (Å²) < 4.78 is 2.08. The summed E-state index contributed by atoms with van der Waals surface area (Å²) in [5.74, 6) is -1.05. The summed E-state index contributed by atoms with van der Waals surface area (Å²) in [5.41, 5.74) is 4.29. The van der Waals surface area contributed by atoms with Gasteiger partial charge >= 0.3 is 5.97 Å². The largest absolute Gasteiger partial charge is 0.478 e. The first-order valence-corrected chi connectivity index (χ1v) is 9.50. The molecule has 4 rings (SSSR count). The number of hydrogen-bond acceptors (Lipinski definition) is 3. The summed E-state index contributed by atoms with van der Waals surface area (Å²) in [6.07, 6.45) is 0. The number of aliphatic hydroxyl groups excluding tert-OH is 1. The zero-order chi connectivity index (χ0) is 20.4. The molecule has 0 amide bonds. The van der Waals surface area contributed by atoms with Crippen molar-refractivity contribution in [3.63, 3.8) is 0 Å². The van der Waals surface area contributed by atoms with E-state index in [1.165, 1.54) is 6.07 Å². The van der Waals surface area contributed by atoms with Gasteiger partial charge < -0.3 is 20.1 Å². The van der Waals surface area contributed by atoms with Gasteiger partial charge in [0.05, 0.1) is 17.9 Å². The lowest BCUT2D eigenvalue weighted by molar-refractivity contribution is 0.0698. The third-order valence-electron chi connectivity index (χ3n) is 4.82. The van der Waals surface area contributed by atoms with Crippen LogP contribution in [-0.4, -0.2) is 20.7 Å². The molecular formula is C23H19ClN2O3. The number of hydrogen-bond donors (Lipinski definition) is 3. The van der Waals surface area contributed by atoms with Gasteiger partial charge in [-0.1, -0.05) is 41.9 Å². The number of fused-ring (bicyclic) bond motifs is 1. The van der Waals surface area contributed by atoms with E-state index in [9.17, 15) is 15.0 Å². The summed E-state index contributed by atoms with van der Waals surface area (Å²) in [7, 11) is 0. The zero-order valence-corrected chi connectivity index (χ0v) is 16.2. The molecule has 4 aromatic rings. The summed E-state index contributed by atoms with van der Waals surface area (Å²) in [6, 6.07) is 22.5. The van der Waals surface area contributed by atoms with E-state index in [1.54, 1.807) is 12.1 Å². The summed E-state index contributed by atoms with van der Waals surface area (Å²) in [5, 5.41) is 23.7. The molecule has 0 aliphatic carbocycles. The highest BCUT2D eigenvalue weighted by atomic mass is 35.5. The van der Waals surface area contributed by atoms with Crippen LogP contribution in [0.2, 0.25) is 5.02 Å². The normalized spacial score (nSPS) is 11.0. The van der Waals surface area contributed by atoms with E-state index in [4.69, 9.17) is 11.6 Å². The van der Waals surface area contributed by atoms with Crippen LogP contribution in [0.15, 0.2) is 72.8 Å². The highest BCUT2D eigenvalue weighted by molar-refractivity contribution is 6.31. The number of carboxylic acid groups (broad SMARTS) is 1. The predicted molar refractivity (Wildman–Crippen MR) is 115 cm³/mol. The molecule has 5 nitrogen and oxygen atoms in total. The number of carbonyl (C=O) groups is 1. The van der Waals surface area contributed by atoms with E-state index in [0.717, 1.165) is 27.8 Å². The first kappa shape index (κ1) is 19.1. The highest BCUT2D eigenvalue weighted by Gasteiger charge is 2.13. The number of rotatable bonds is 6. The Bertz CT molecular complexity index is 1190. The molecule has 0 saturated heterocycles. The summed E-state index contributed by atoms with van der Waals surface area (Å²) in [6.45, 7) is 0.595. The van der Waals surface area contributed by atoms with Crippen LogP contribution in [-0.2, 0) is 13.2 Å². The maximum absolute atomic E-state index is 11.5. The van der Waals surface area contributed by atoms with Crippen molar-refractivity contribution in [3.8, 4) is 0 Å². The molecule has 3 N–H and O–H groups in total. The van der Waals surface area contributed by atoms with E-state index < -0.39 is 5.97 Å². The second kappa shape index (κ2) is 7.99. The fraction of sp³-hybridized carbons (Fsp3) is 0.0870. The molecule has 0 radical (unpaired) electrons. The standard InChI is InChI=1S/C23H19ClN2O3/c24-17-6-8-21(20(12-17)23(28)29)25-18-7-9-22-16(10-18)11-19(14-27)26(22)13-15-4-2-1-3-5-15/h1-12,25,27H,13-14H2,(H,28,29). The number of halogens is 1. The van der Waals surface area contributed by atoms with E-state index in [1.807, 2.05) is 42.5 Å². The van der Waals surface area contributed by atoms with Gasteiger partial charge in [-0.15, -0.1) is 0 Å². The third kappa shape index (κ3) is 3.97. The number of aromatic carboxylic acids is 1. The molecule has 0 aliphatic rings. The van der Waals surface area contributed by atoms with Crippen molar-refractivity contribution in [1.29, 1.82) is 0 Å². The highest BCUT2D eigenvalue weighted by Crippen LogP contribution is 2.29. The third-order valence-corrected chi connectivity index (χ3v) is 5.06. The molecule has 0 bridgehead atoms. The molecule has 0 fully saturated rings. The van der Waals surface area contributed by atoms with Crippen molar-refractivity contribution in [3.05, 3.63) is 94.6 Å². The SMILES string of the molecule is O=C(O)c1cc(Cl)ccc1Nc1ccc2c(c1)cc(CO)n2Cc1ccccc1. The molecular weight excluding hydrogens is 388 g/mol. The van der Waals surface area contributed by atoms with E-state index in [0.29, 0.717) is 17.3 Å². The van der Waals surface area contributed by atoms with Crippen LogP contribution in [0.4, 0.5) is 11.4 Å². The zero-order valence-electron chi connectivity index (χ0n) is 15.5. The second-order valence-corrected chi connectivity index (χ2v) is 7.20. The number of nitrogens with zero attached hydrogens (tertiary/aromatic N) is 1. The smallest absolute Gasteiger partial charge is 0.337 e. The van der Waals surface area contributed by atoms with Crippen LogP contribution in [0.25, 0.3) is 10.9 Å². The number of benzene rings is 3. The summed E-state index contributed by atoms with van der Waals surface area (Å²) >= 11 is 5.93. The van der Waals surface area contributed by atoms with Gasteiger partial charge in [0.1, 0.15) is 0 Å². The van der Waals surface area contributed by atoms with Gasteiger partial charge in [0.25, 0.3) is 0 Å². The van der Waals surface area contributed by atoms with Crippen LogP contribution in [0.3, 0.4) is 0 Å². The molecule has 146 valence electrons. The lowest BCUT2D eigenvalue weighted by Crippen LogP contribution is -2.04. The Morgan fingerprint density at radius 3 is 2.52 bits per heavy atom. The fourth-order valence-electron chi connectivity index (χ4n) is 3.45. The van der Waals surface area contributed by atoms with Crippen LogP contribution in [0.1, 0.15) is 21.6 Å². The summed E-state index contributed by atoms with van der Waals surface area (Å²) in [4.78, 5) is 11.5. The average molecular weight is 407 g/mol.